The summed E-state index contributed by atoms with van der Waals surface area (Å²) in [5, 5.41) is 11.6. The van der Waals surface area contributed by atoms with Gasteiger partial charge in [-0.25, -0.2) is 9.59 Å². The topological polar surface area (TPSA) is 114 Å². The molecule has 2 aliphatic rings. The minimum absolute atomic E-state index is 0.165. The SMILES string of the molecule is C=Cc1cc(-c2ccc(CC3COCC3CC#N)nc2)ccc1N1CC(CNC(=O)OC)OC1=O. The molecule has 9 nitrogen and oxygen atoms in total. The average Bonchev–Trinajstić information content (AvgIpc) is 3.48. The third kappa shape index (κ3) is 5.61. The van der Waals surface area contributed by atoms with E-state index in [0.717, 1.165) is 28.8 Å². The molecule has 182 valence electrons. The quantitative estimate of drug-likeness (QED) is 0.616. The molecule has 2 aromatic rings. The number of alkyl carbamates (subject to hydrolysis) is 1. The van der Waals surface area contributed by atoms with Crippen LogP contribution in [0.5, 0.6) is 0 Å². The van der Waals surface area contributed by atoms with Gasteiger partial charge in [0.2, 0.25) is 0 Å². The molecule has 2 fully saturated rings. The molecule has 0 aliphatic carbocycles. The normalized spacial score (nSPS) is 21.3. The van der Waals surface area contributed by atoms with Crippen molar-refractivity contribution in [2.45, 2.75) is 18.9 Å². The van der Waals surface area contributed by atoms with Crippen molar-refractivity contribution in [1.29, 1.82) is 5.26 Å². The number of nitriles is 1. The maximum absolute atomic E-state index is 12.5. The van der Waals surface area contributed by atoms with Gasteiger partial charge in [0.15, 0.2) is 0 Å². The van der Waals surface area contributed by atoms with E-state index in [9.17, 15) is 9.59 Å². The van der Waals surface area contributed by atoms with Gasteiger partial charge >= 0.3 is 12.2 Å². The number of nitrogens with one attached hydrogen (secondary N) is 1. The number of pyridine rings is 1. The van der Waals surface area contributed by atoms with Crippen LogP contribution in [0.4, 0.5) is 15.3 Å². The monoisotopic (exact) mass is 476 g/mol. The Kier molecular flexibility index (Phi) is 7.63. The van der Waals surface area contributed by atoms with E-state index >= 15 is 0 Å². The zero-order valence-corrected chi connectivity index (χ0v) is 19.6. The third-order valence-corrected chi connectivity index (χ3v) is 6.39. The number of anilines is 1. The van der Waals surface area contributed by atoms with E-state index in [2.05, 4.69) is 27.7 Å². The summed E-state index contributed by atoms with van der Waals surface area (Å²) in [6.07, 6.45) is 3.30. The summed E-state index contributed by atoms with van der Waals surface area (Å²) in [5.41, 5.74) is 4.34. The minimum Gasteiger partial charge on any atom is -0.453 e. The molecule has 2 saturated heterocycles. The third-order valence-electron chi connectivity index (χ3n) is 6.39. The summed E-state index contributed by atoms with van der Waals surface area (Å²) >= 11 is 0. The molecule has 2 aliphatic heterocycles. The van der Waals surface area contributed by atoms with Gasteiger partial charge in [0.1, 0.15) is 6.10 Å². The van der Waals surface area contributed by atoms with Crippen LogP contribution in [-0.2, 0) is 20.6 Å². The number of methoxy groups -OCH3 is 1. The lowest BCUT2D eigenvalue weighted by Gasteiger charge is -2.17. The van der Waals surface area contributed by atoms with Crippen LogP contribution in [0.25, 0.3) is 17.2 Å². The second-order valence-corrected chi connectivity index (χ2v) is 8.63. The van der Waals surface area contributed by atoms with Crippen molar-refractivity contribution in [2.24, 2.45) is 11.8 Å². The van der Waals surface area contributed by atoms with Gasteiger partial charge in [0, 0.05) is 29.8 Å². The van der Waals surface area contributed by atoms with Gasteiger partial charge in [-0.1, -0.05) is 24.8 Å². The molecule has 1 aromatic heterocycles. The lowest BCUT2D eigenvalue weighted by molar-refractivity contribution is 0.132. The van der Waals surface area contributed by atoms with Gasteiger partial charge in [0.05, 0.1) is 45.2 Å². The fourth-order valence-corrected chi connectivity index (χ4v) is 4.43. The molecule has 1 N–H and O–H groups in total. The summed E-state index contributed by atoms with van der Waals surface area (Å²) < 4.78 is 15.5. The van der Waals surface area contributed by atoms with Crippen molar-refractivity contribution in [3.05, 3.63) is 54.4 Å². The zero-order valence-electron chi connectivity index (χ0n) is 19.6. The van der Waals surface area contributed by atoms with Crippen LogP contribution in [0, 0.1) is 23.2 Å². The first-order chi connectivity index (χ1) is 17.0. The van der Waals surface area contributed by atoms with Gasteiger partial charge in [-0.3, -0.25) is 9.88 Å². The molecular formula is C26H28N4O5. The van der Waals surface area contributed by atoms with E-state index in [-0.39, 0.29) is 12.5 Å². The molecule has 1 aromatic carbocycles. The highest BCUT2D eigenvalue weighted by molar-refractivity contribution is 5.93. The fourth-order valence-electron chi connectivity index (χ4n) is 4.43. The molecule has 3 atom stereocenters. The first-order valence-electron chi connectivity index (χ1n) is 11.5. The summed E-state index contributed by atoms with van der Waals surface area (Å²) in [7, 11) is 1.28. The molecular weight excluding hydrogens is 448 g/mol. The Bertz CT molecular complexity index is 1130. The number of hydrogen-bond acceptors (Lipinski definition) is 7. The van der Waals surface area contributed by atoms with Crippen molar-refractivity contribution in [1.82, 2.24) is 10.3 Å². The molecule has 3 heterocycles. The van der Waals surface area contributed by atoms with E-state index < -0.39 is 18.3 Å². The number of carbonyl (C=O) groups excluding carboxylic acids is 2. The number of carbonyl (C=O) groups is 2. The van der Waals surface area contributed by atoms with Crippen LogP contribution in [0.1, 0.15) is 17.7 Å². The largest absolute Gasteiger partial charge is 0.453 e. The van der Waals surface area contributed by atoms with E-state index in [0.29, 0.717) is 37.8 Å². The number of hydrogen-bond donors (Lipinski definition) is 1. The number of benzene rings is 1. The fraction of sp³-hybridized carbons (Fsp3) is 0.385. The van der Waals surface area contributed by atoms with Gasteiger partial charge in [0.25, 0.3) is 0 Å². The second-order valence-electron chi connectivity index (χ2n) is 8.63. The highest BCUT2D eigenvalue weighted by Crippen LogP contribution is 2.32. The maximum Gasteiger partial charge on any atom is 0.414 e. The lowest BCUT2D eigenvalue weighted by Crippen LogP contribution is -2.34. The van der Waals surface area contributed by atoms with Crippen LogP contribution < -0.4 is 10.2 Å². The van der Waals surface area contributed by atoms with E-state index in [1.807, 2.05) is 36.5 Å². The maximum atomic E-state index is 12.5. The Morgan fingerprint density at radius 2 is 2.11 bits per heavy atom. The average molecular weight is 477 g/mol. The second kappa shape index (κ2) is 11.0. The molecule has 0 spiro atoms. The predicted octanol–water partition coefficient (Wildman–Crippen LogP) is 3.79. The molecule has 4 rings (SSSR count). The van der Waals surface area contributed by atoms with Gasteiger partial charge < -0.3 is 19.5 Å². The Morgan fingerprint density at radius 3 is 2.83 bits per heavy atom. The van der Waals surface area contributed by atoms with Crippen LogP contribution in [0.15, 0.2) is 43.1 Å². The number of aromatic nitrogens is 1. The summed E-state index contributed by atoms with van der Waals surface area (Å²) in [5.74, 6) is 0.573. The highest BCUT2D eigenvalue weighted by atomic mass is 16.6. The van der Waals surface area contributed by atoms with Crippen molar-refractivity contribution < 1.29 is 23.8 Å². The molecule has 0 saturated carbocycles. The molecule has 0 bridgehead atoms. The van der Waals surface area contributed by atoms with Crippen molar-refractivity contribution in [3.8, 4) is 17.2 Å². The molecule has 0 radical (unpaired) electrons. The molecule has 9 heteroatoms. The highest BCUT2D eigenvalue weighted by Gasteiger charge is 2.33. The smallest absolute Gasteiger partial charge is 0.414 e. The lowest BCUT2D eigenvalue weighted by atomic mass is 9.89. The Hall–Kier alpha value is -3.90. The number of nitrogens with zero attached hydrogens (tertiary/aromatic N) is 3. The van der Waals surface area contributed by atoms with Crippen LogP contribution in [0.2, 0.25) is 0 Å². The van der Waals surface area contributed by atoms with Crippen LogP contribution >= 0.6 is 0 Å². The zero-order chi connectivity index (χ0) is 24.8. The number of rotatable bonds is 8. The van der Waals surface area contributed by atoms with Crippen molar-refractivity contribution >= 4 is 23.9 Å². The van der Waals surface area contributed by atoms with Gasteiger partial charge in [-0.05, 0) is 41.7 Å². The molecule has 3 unspecified atom stereocenters. The Balaban J connectivity index is 1.45. The minimum atomic E-state index is -0.575. The summed E-state index contributed by atoms with van der Waals surface area (Å²) in [6, 6.07) is 12.0. The standard InChI is InChI=1S/C26H28N4O5/c1-3-17-10-18(5-7-24(17)30-14-23(35-26(30)32)13-29-25(31)33-2)19-4-6-22(28-12-19)11-21-16-34-15-20(21)8-9-27/h3-7,10,12,20-21,23H,1,8,11,13-16H2,2H3,(H,29,31). The number of amides is 2. The Morgan fingerprint density at radius 1 is 1.31 bits per heavy atom. The number of ether oxygens (including phenoxy) is 3. The molecule has 35 heavy (non-hydrogen) atoms. The van der Waals surface area contributed by atoms with Gasteiger partial charge in [-0.2, -0.15) is 5.26 Å². The first kappa shape index (κ1) is 24.2. The van der Waals surface area contributed by atoms with Crippen molar-refractivity contribution in [3.63, 3.8) is 0 Å². The Labute approximate surface area is 204 Å². The van der Waals surface area contributed by atoms with E-state index in [4.69, 9.17) is 14.7 Å². The van der Waals surface area contributed by atoms with Crippen LogP contribution in [-0.4, -0.2) is 56.7 Å². The van der Waals surface area contributed by atoms with E-state index in [1.54, 1.807) is 6.08 Å². The molecule has 2 amide bonds. The van der Waals surface area contributed by atoms with Crippen molar-refractivity contribution in [2.75, 3.05) is 38.3 Å². The number of cyclic esters (lactones) is 1. The summed E-state index contributed by atoms with van der Waals surface area (Å²) in [4.78, 5) is 29.9. The van der Waals surface area contributed by atoms with Gasteiger partial charge in [-0.15, -0.1) is 0 Å². The first-order valence-corrected chi connectivity index (χ1v) is 11.5. The van der Waals surface area contributed by atoms with E-state index in [1.165, 1.54) is 12.0 Å². The summed E-state index contributed by atoms with van der Waals surface area (Å²) in [6.45, 7) is 5.68. The van der Waals surface area contributed by atoms with Crippen LogP contribution in [0.3, 0.4) is 0 Å². The predicted molar refractivity (Wildman–Crippen MR) is 130 cm³/mol.